The van der Waals surface area contributed by atoms with E-state index >= 15 is 0 Å². The third kappa shape index (κ3) is 7.10. The van der Waals surface area contributed by atoms with Crippen molar-refractivity contribution in [2.24, 2.45) is 0 Å². The topological polar surface area (TPSA) is 154 Å². The lowest BCUT2D eigenvalue weighted by Gasteiger charge is -2.15. The molecule has 1 aromatic carbocycles. The first-order valence-corrected chi connectivity index (χ1v) is 7.75. The molecule has 146 valence electrons. The van der Waals surface area contributed by atoms with Crippen LogP contribution in [0.4, 0.5) is 5.69 Å². The fourth-order valence-electron chi connectivity index (χ4n) is 1.98. The molecule has 11 heteroatoms. The number of esters is 2. The number of non-ortho nitro benzene ring substituents is 1. The molecule has 2 amide bonds. The lowest BCUT2D eigenvalue weighted by Crippen LogP contribution is -2.44. The van der Waals surface area contributed by atoms with Crippen molar-refractivity contribution in [1.82, 2.24) is 10.6 Å². The van der Waals surface area contributed by atoms with E-state index in [9.17, 15) is 29.3 Å². The minimum atomic E-state index is -1.19. The Labute approximate surface area is 154 Å². The van der Waals surface area contributed by atoms with E-state index in [4.69, 9.17) is 0 Å². The van der Waals surface area contributed by atoms with E-state index in [0.29, 0.717) is 0 Å². The van der Waals surface area contributed by atoms with Crippen molar-refractivity contribution in [3.63, 3.8) is 0 Å². The molecule has 0 unspecified atom stereocenters. The predicted molar refractivity (Wildman–Crippen MR) is 90.6 cm³/mol. The molecule has 0 fully saturated rings. The van der Waals surface area contributed by atoms with E-state index in [2.05, 4.69) is 20.1 Å². The summed E-state index contributed by atoms with van der Waals surface area (Å²) in [5, 5.41) is 15.4. The molecule has 0 radical (unpaired) electrons. The largest absolute Gasteiger partial charge is 0.469 e. The molecule has 0 saturated carbocycles. The van der Waals surface area contributed by atoms with Gasteiger partial charge in [-0.25, -0.2) is 4.79 Å². The van der Waals surface area contributed by atoms with Gasteiger partial charge in [-0.1, -0.05) is 0 Å². The molecule has 0 spiro atoms. The lowest BCUT2D eigenvalue weighted by atomic mass is 10.2. The maximum absolute atomic E-state index is 11.9. The van der Waals surface area contributed by atoms with Crippen molar-refractivity contribution < 1.29 is 33.6 Å². The minimum Gasteiger partial charge on any atom is -0.469 e. The average molecular weight is 381 g/mol. The van der Waals surface area contributed by atoms with Crippen LogP contribution >= 0.6 is 0 Å². The van der Waals surface area contributed by atoms with E-state index in [1.54, 1.807) is 0 Å². The predicted octanol–water partition coefficient (Wildman–Crippen LogP) is -0.0644. The first kappa shape index (κ1) is 21.5. The quantitative estimate of drug-likeness (QED) is 0.342. The summed E-state index contributed by atoms with van der Waals surface area (Å²) in [6, 6.07) is 3.76. The maximum atomic E-state index is 11.9. The van der Waals surface area contributed by atoms with Crippen molar-refractivity contribution in [1.29, 1.82) is 0 Å². The summed E-state index contributed by atoms with van der Waals surface area (Å²) >= 11 is 0. The van der Waals surface area contributed by atoms with Crippen LogP contribution in [-0.4, -0.2) is 55.5 Å². The summed E-state index contributed by atoms with van der Waals surface area (Å²) in [5.41, 5.74) is 0.0459. The van der Waals surface area contributed by atoms with E-state index in [1.165, 1.54) is 24.3 Å². The lowest BCUT2D eigenvalue weighted by molar-refractivity contribution is -0.384. The van der Waals surface area contributed by atoms with Gasteiger partial charge in [0, 0.05) is 30.7 Å². The highest BCUT2D eigenvalue weighted by Crippen LogP contribution is 2.11. The van der Waals surface area contributed by atoms with Crippen molar-refractivity contribution in [3.05, 3.63) is 39.9 Å². The Bertz CT molecular complexity index is 717. The number of ether oxygens (including phenoxy) is 2. The first-order chi connectivity index (χ1) is 12.8. The number of benzene rings is 1. The van der Waals surface area contributed by atoms with Crippen LogP contribution in [0.3, 0.4) is 0 Å². The summed E-state index contributed by atoms with van der Waals surface area (Å²) in [6.45, 7) is -0.0478. The van der Waals surface area contributed by atoms with Gasteiger partial charge < -0.3 is 20.1 Å². The SMILES string of the molecule is COC(=O)C[C@H](NC(=O)CCNC(=O)c1ccc([N+](=O)[O-])cc1)C(=O)OC. The molecule has 0 heterocycles. The number of rotatable bonds is 9. The highest BCUT2D eigenvalue weighted by atomic mass is 16.6. The number of amides is 2. The average Bonchev–Trinajstić information content (AvgIpc) is 2.66. The van der Waals surface area contributed by atoms with Crippen LogP contribution in [0.5, 0.6) is 0 Å². The normalized spacial score (nSPS) is 11.0. The Morgan fingerprint density at radius 1 is 1.11 bits per heavy atom. The number of methoxy groups -OCH3 is 2. The van der Waals surface area contributed by atoms with Crippen molar-refractivity contribution in [2.45, 2.75) is 18.9 Å². The fourth-order valence-corrected chi connectivity index (χ4v) is 1.98. The molecule has 0 saturated heterocycles. The zero-order valence-electron chi connectivity index (χ0n) is 14.7. The summed E-state index contributed by atoms with van der Waals surface area (Å²) in [4.78, 5) is 56.6. The van der Waals surface area contributed by atoms with Crippen LogP contribution in [0.1, 0.15) is 23.2 Å². The summed E-state index contributed by atoms with van der Waals surface area (Å²) in [7, 11) is 2.26. The highest BCUT2D eigenvalue weighted by Gasteiger charge is 2.25. The van der Waals surface area contributed by atoms with Crippen LogP contribution in [0.2, 0.25) is 0 Å². The molecule has 0 bridgehead atoms. The summed E-state index contributed by atoms with van der Waals surface area (Å²) in [5.74, 6) is -2.60. The molecule has 27 heavy (non-hydrogen) atoms. The van der Waals surface area contributed by atoms with Gasteiger partial charge in [0.05, 0.1) is 25.6 Å². The number of nitro groups is 1. The fraction of sp³-hybridized carbons (Fsp3) is 0.375. The molecule has 1 rings (SSSR count). The van der Waals surface area contributed by atoms with Crippen LogP contribution in [0.15, 0.2) is 24.3 Å². The van der Waals surface area contributed by atoms with E-state index in [-0.39, 0.29) is 30.6 Å². The minimum absolute atomic E-state index is 0.0478. The third-order valence-corrected chi connectivity index (χ3v) is 3.40. The molecule has 1 atom stereocenters. The summed E-state index contributed by atoms with van der Waals surface area (Å²) < 4.78 is 8.95. The number of nitro benzene ring substituents is 1. The van der Waals surface area contributed by atoms with Gasteiger partial charge in [-0.3, -0.25) is 24.5 Å². The second kappa shape index (κ2) is 10.5. The number of carbonyl (C=O) groups excluding carboxylic acids is 4. The van der Waals surface area contributed by atoms with E-state index in [0.717, 1.165) is 14.2 Å². The van der Waals surface area contributed by atoms with Gasteiger partial charge in [-0.2, -0.15) is 0 Å². The van der Waals surface area contributed by atoms with Gasteiger partial charge in [0.2, 0.25) is 5.91 Å². The van der Waals surface area contributed by atoms with Gasteiger partial charge in [-0.05, 0) is 12.1 Å². The number of nitrogens with zero attached hydrogens (tertiary/aromatic N) is 1. The molecular formula is C16H19N3O8. The molecule has 11 nitrogen and oxygen atoms in total. The van der Waals surface area contributed by atoms with Crippen LogP contribution < -0.4 is 10.6 Å². The Hall–Kier alpha value is -3.50. The first-order valence-electron chi connectivity index (χ1n) is 7.75. The van der Waals surface area contributed by atoms with Gasteiger partial charge in [0.1, 0.15) is 6.04 Å². The second-order valence-electron chi connectivity index (χ2n) is 5.23. The van der Waals surface area contributed by atoms with Crippen molar-refractivity contribution in [3.8, 4) is 0 Å². The molecule has 0 aliphatic carbocycles. The molecule has 0 aliphatic rings. The van der Waals surface area contributed by atoms with Gasteiger partial charge in [0.15, 0.2) is 0 Å². The van der Waals surface area contributed by atoms with Gasteiger partial charge in [0.25, 0.3) is 11.6 Å². The van der Waals surface area contributed by atoms with E-state index < -0.39 is 34.7 Å². The van der Waals surface area contributed by atoms with E-state index in [1.807, 2.05) is 0 Å². The Morgan fingerprint density at radius 3 is 2.26 bits per heavy atom. The molecule has 1 aromatic rings. The number of nitrogens with one attached hydrogen (secondary N) is 2. The van der Waals surface area contributed by atoms with Crippen molar-refractivity contribution >= 4 is 29.4 Å². The number of carbonyl (C=O) groups is 4. The van der Waals surface area contributed by atoms with Crippen LogP contribution in [0, 0.1) is 10.1 Å². The Morgan fingerprint density at radius 2 is 1.74 bits per heavy atom. The van der Waals surface area contributed by atoms with Crippen LogP contribution in [0.25, 0.3) is 0 Å². The monoisotopic (exact) mass is 381 g/mol. The smallest absolute Gasteiger partial charge is 0.328 e. The number of hydrogen-bond acceptors (Lipinski definition) is 8. The number of hydrogen-bond donors (Lipinski definition) is 2. The summed E-state index contributed by atoms with van der Waals surface area (Å²) in [6.07, 6.45) is -0.544. The maximum Gasteiger partial charge on any atom is 0.328 e. The molecule has 2 N–H and O–H groups in total. The van der Waals surface area contributed by atoms with Gasteiger partial charge in [-0.15, -0.1) is 0 Å². The third-order valence-electron chi connectivity index (χ3n) is 3.40. The highest BCUT2D eigenvalue weighted by molar-refractivity contribution is 5.94. The zero-order valence-corrected chi connectivity index (χ0v) is 14.7. The second-order valence-corrected chi connectivity index (χ2v) is 5.23. The molecule has 0 aromatic heterocycles. The Kier molecular flexibility index (Phi) is 8.36. The van der Waals surface area contributed by atoms with Crippen molar-refractivity contribution in [2.75, 3.05) is 20.8 Å². The molecular weight excluding hydrogens is 362 g/mol. The molecule has 0 aliphatic heterocycles. The van der Waals surface area contributed by atoms with Crippen LogP contribution in [-0.2, 0) is 23.9 Å². The Balaban J connectivity index is 2.50. The zero-order chi connectivity index (χ0) is 20.4. The standard InChI is InChI=1S/C16H19N3O8/c1-26-14(21)9-12(16(23)27-2)18-13(20)7-8-17-15(22)10-3-5-11(6-4-10)19(24)25/h3-6,12H,7-9H2,1-2H3,(H,17,22)(H,18,20)/t12-/m0/s1. The van der Waals surface area contributed by atoms with Gasteiger partial charge >= 0.3 is 11.9 Å².